The highest BCUT2D eigenvalue weighted by Crippen LogP contribution is 2.27. The molecule has 162 valence electrons. The molecule has 2 aromatic rings. The number of rotatable bonds is 3. The molecule has 0 aliphatic carbocycles. The molecule has 7 nitrogen and oxygen atoms in total. The van der Waals surface area contributed by atoms with Gasteiger partial charge in [0.1, 0.15) is 0 Å². The summed E-state index contributed by atoms with van der Waals surface area (Å²) in [5, 5.41) is 0.848. The highest BCUT2D eigenvalue weighted by molar-refractivity contribution is 7.90. The second-order valence-corrected chi connectivity index (χ2v) is 10.6. The lowest BCUT2D eigenvalue weighted by Gasteiger charge is -2.35. The van der Waals surface area contributed by atoms with Gasteiger partial charge in [-0.25, -0.2) is 18.4 Å². The summed E-state index contributed by atoms with van der Waals surface area (Å²) in [6.45, 7) is 5.08. The van der Waals surface area contributed by atoms with Gasteiger partial charge in [0.15, 0.2) is 9.84 Å². The van der Waals surface area contributed by atoms with Crippen molar-refractivity contribution >= 4 is 32.6 Å². The Morgan fingerprint density at radius 3 is 2.47 bits per heavy atom. The molecule has 2 aliphatic rings. The normalized spacial score (nSPS) is 20.9. The number of hydrogen-bond donors (Lipinski definition) is 0. The first-order valence-electron chi connectivity index (χ1n) is 10.8. The zero-order valence-electron chi connectivity index (χ0n) is 17.8. The first kappa shape index (κ1) is 21.0. The van der Waals surface area contributed by atoms with Crippen LogP contribution in [-0.4, -0.2) is 61.6 Å². The van der Waals surface area contributed by atoms with Gasteiger partial charge >= 0.3 is 0 Å². The number of fused-ring (bicyclic) bond motifs is 1. The topological polar surface area (TPSA) is 83.5 Å². The van der Waals surface area contributed by atoms with E-state index in [1.54, 1.807) is 18.2 Å². The molecule has 30 heavy (non-hydrogen) atoms. The molecule has 0 N–H and O–H groups in total. The number of amides is 1. The van der Waals surface area contributed by atoms with Crippen molar-refractivity contribution in [3.05, 3.63) is 23.9 Å². The number of aryl methyl sites for hydroxylation is 1. The van der Waals surface area contributed by atoms with Gasteiger partial charge in [0.25, 0.3) is 0 Å². The van der Waals surface area contributed by atoms with E-state index in [0.717, 1.165) is 56.4 Å². The fourth-order valence-corrected chi connectivity index (χ4v) is 5.18. The van der Waals surface area contributed by atoms with E-state index in [0.29, 0.717) is 18.0 Å². The molecule has 1 aromatic heterocycles. The highest BCUT2D eigenvalue weighted by Gasteiger charge is 2.30. The molecule has 0 spiro atoms. The Morgan fingerprint density at radius 2 is 1.77 bits per heavy atom. The third kappa shape index (κ3) is 4.43. The summed E-state index contributed by atoms with van der Waals surface area (Å²) < 4.78 is 23.9. The maximum absolute atomic E-state index is 13.1. The lowest BCUT2D eigenvalue weighted by atomic mass is 9.96. The lowest BCUT2D eigenvalue weighted by molar-refractivity contribution is -0.135. The predicted molar refractivity (Wildman–Crippen MR) is 117 cm³/mol. The van der Waals surface area contributed by atoms with Crippen molar-refractivity contribution in [3.8, 4) is 0 Å². The number of likely N-dealkylation sites (tertiary alicyclic amines) is 1. The van der Waals surface area contributed by atoms with Gasteiger partial charge in [0.05, 0.1) is 22.0 Å². The third-order valence-corrected chi connectivity index (χ3v) is 7.36. The second-order valence-electron chi connectivity index (χ2n) is 8.58. The van der Waals surface area contributed by atoms with Crippen LogP contribution in [0.3, 0.4) is 0 Å². The minimum atomic E-state index is -3.30. The van der Waals surface area contributed by atoms with Gasteiger partial charge < -0.3 is 9.80 Å². The molecule has 3 heterocycles. The van der Waals surface area contributed by atoms with Crippen molar-refractivity contribution in [3.63, 3.8) is 0 Å². The first-order chi connectivity index (χ1) is 14.3. The number of anilines is 1. The van der Waals surface area contributed by atoms with E-state index in [9.17, 15) is 13.2 Å². The third-order valence-electron chi connectivity index (χ3n) is 6.25. The highest BCUT2D eigenvalue weighted by atomic mass is 32.2. The van der Waals surface area contributed by atoms with E-state index < -0.39 is 9.84 Å². The summed E-state index contributed by atoms with van der Waals surface area (Å²) in [4.78, 5) is 26.9. The van der Waals surface area contributed by atoms with Gasteiger partial charge in [-0.15, -0.1) is 0 Å². The fraction of sp³-hybridized carbons (Fsp3) is 0.591. The lowest BCUT2D eigenvalue weighted by Crippen LogP contribution is -2.45. The van der Waals surface area contributed by atoms with Crippen LogP contribution in [0, 0.1) is 12.8 Å². The van der Waals surface area contributed by atoms with Crippen LogP contribution in [-0.2, 0) is 14.6 Å². The molecule has 0 saturated carbocycles. The summed E-state index contributed by atoms with van der Waals surface area (Å²) >= 11 is 0. The number of sulfone groups is 1. The van der Waals surface area contributed by atoms with Crippen LogP contribution in [0.2, 0.25) is 0 Å². The van der Waals surface area contributed by atoms with E-state index in [-0.39, 0.29) is 16.7 Å². The van der Waals surface area contributed by atoms with Gasteiger partial charge in [-0.1, -0.05) is 12.8 Å². The minimum absolute atomic E-state index is 0.0289. The molecular weight excluding hydrogens is 400 g/mol. The van der Waals surface area contributed by atoms with Crippen molar-refractivity contribution in [2.75, 3.05) is 37.3 Å². The molecule has 8 heteroatoms. The SMILES string of the molecule is Cc1nc(N2CCCC(C(=O)N3CCCCCC3)C2)nc2cc(S(C)(=O)=O)ccc12. The Hall–Kier alpha value is -2.22. The van der Waals surface area contributed by atoms with Gasteiger partial charge in [0, 0.05) is 37.8 Å². The van der Waals surface area contributed by atoms with Crippen molar-refractivity contribution in [2.24, 2.45) is 5.92 Å². The number of aromatic nitrogens is 2. The number of carbonyl (C=O) groups excluding carboxylic acids is 1. The largest absolute Gasteiger partial charge is 0.342 e. The first-order valence-corrected chi connectivity index (χ1v) is 12.7. The molecular formula is C22H30N4O3S. The Kier molecular flexibility index (Phi) is 5.95. The van der Waals surface area contributed by atoms with Crippen LogP contribution >= 0.6 is 0 Å². The monoisotopic (exact) mass is 430 g/mol. The summed E-state index contributed by atoms with van der Waals surface area (Å²) in [5.41, 5.74) is 1.44. The van der Waals surface area contributed by atoms with Gasteiger partial charge in [-0.2, -0.15) is 0 Å². The summed E-state index contributed by atoms with van der Waals surface area (Å²) in [5.74, 6) is 0.816. The number of piperidine rings is 1. The van der Waals surface area contributed by atoms with Crippen molar-refractivity contribution in [1.29, 1.82) is 0 Å². The molecule has 1 atom stereocenters. The second kappa shape index (κ2) is 8.49. The van der Waals surface area contributed by atoms with Crippen LogP contribution in [0.1, 0.15) is 44.2 Å². The van der Waals surface area contributed by atoms with E-state index in [1.165, 1.54) is 19.1 Å². The number of hydrogen-bond acceptors (Lipinski definition) is 6. The Labute approximate surface area is 178 Å². The molecule has 1 unspecified atom stereocenters. The molecule has 2 aliphatic heterocycles. The molecule has 0 bridgehead atoms. The van der Waals surface area contributed by atoms with Crippen molar-refractivity contribution in [2.45, 2.75) is 50.3 Å². The number of benzene rings is 1. The quantitative estimate of drug-likeness (QED) is 0.744. The average molecular weight is 431 g/mol. The van der Waals surface area contributed by atoms with Crippen LogP contribution in [0.15, 0.2) is 23.1 Å². The minimum Gasteiger partial charge on any atom is -0.342 e. The molecule has 2 fully saturated rings. The summed E-state index contributed by atoms with van der Waals surface area (Å²) in [6, 6.07) is 4.99. The standard InChI is InChI=1S/C22H30N4O3S/c1-16-19-10-9-18(30(2,28)29)14-20(19)24-22(23-16)26-13-7-8-17(15-26)21(27)25-11-5-3-4-6-12-25/h9-10,14,17H,3-8,11-13,15H2,1-2H3. The molecule has 0 radical (unpaired) electrons. The van der Waals surface area contributed by atoms with Crippen LogP contribution in [0.25, 0.3) is 10.9 Å². The van der Waals surface area contributed by atoms with E-state index in [4.69, 9.17) is 0 Å². The summed E-state index contributed by atoms with van der Waals surface area (Å²) in [6.07, 6.45) is 7.63. The summed E-state index contributed by atoms with van der Waals surface area (Å²) in [7, 11) is -3.30. The van der Waals surface area contributed by atoms with Gasteiger partial charge in [-0.3, -0.25) is 4.79 Å². The average Bonchev–Trinajstić information content (AvgIpc) is 3.02. The molecule has 4 rings (SSSR count). The van der Waals surface area contributed by atoms with E-state index in [1.807, 2.05) is 11.8 Å². The smallest absolute Gasteiger partial charge is 0.227 e. The maximum Gasteiger partial charge on any atom is 0.227 e. The van der Waals surface area contributed by atoms with Crippen molar-refractivity contribution in [1.82, 2.24) is 14.9 Å². The van der Waals surface area contributed by atoms with Crippen molar-refractivity contribution < 1.29 is 13.2 Å². The molecule has 1 aromatic carbocycles. The Morgan fingerprint density at radius 1 is 1.03 bits per heavy atom. The van der Waals surface area contributed by atoms with Gasteiger partial charge in [0.2, 0.25) is 11.9 Å². The van der Waals surface area contributed by atoms with Gasteiger partial charge in [-0.05, 0) is 50.8 Å². The molecule has 2 saturated heterocycles. The Bertz CT molecular complexity index is 1050. The van der Waals surface area contributed by atoms with Crippen LogP contribution in [0.4, 0.5) is 5.95 Å². The van der Waals surface area contributed by atoms with E-state index >= 15 is 0 Å². The maximum atomic E-state index is 13.1. The zero-order chi connectivity index (χ0) is 21.3. The Balaban J connectivity index is 1.58. The fourth-order valence-electron chi connectivity index (χ4n) is 4.53. The number of nitrogens with zero attached hydrogens (tertiary/aromatic N) is 4. The van der Waals surface area contributed by atoms with E-state index in [2.05, 4.69) is 14.9 Å². The van der Waals surface area contributed by atoms with Crippen LogP contribution < -0.4 is 4.90 Å². The van der Waals surface area contributed by atoms with Crippen LogP contribution in [0.5, 0.6) is 0 Å². The number of carbonyl (C=O) groups is 1. The predicted octanol–water partition coefficient (Wildman–Crippen LogP) is 2.96. The molecule has 1 amide bonds. The zero-order valence-corrected chi connectivity index (χ0v) is 18.6.